The van der Waals surface area contributed by atoms with Gasteiger partial charge in [-0.1, -0.05) is 45.9 Å². The zero-order valence-electron chi connectivity index (χ0n) is 16.1. The molecule has 1 aliphatic rings. The molecule has 2 heterocycles. The van der Waals surface area contributed by atoms with E-state index in [2.05, 4.69) is 53.9 Å². The van der Waals surface area contributed by atoms with E-state index in [1.807, 2.05) is 18.2 Å². The normalized spacial score (nSPS) is 17.8. The van der Waals surface area contributed by atoms with E-state index in [4.69, 9.17) is 0 Å². The average molecular weight is 352 g/mol. The molecule has 0 aliphatic carbocycles. The number of para-hydroxylation sites is 1. The molecular weight excluding hydrogens is 324 g/mol. The van der Waals surface area contributed by atoms with Crippen LogP contribution in [0.2, 0.25) is 0 Å². The van der Waals surface area contributed by atoms with Crippen LogP contribution in [0.3, 0.4) is 0 Å². The highest BCUT2D eigenvalue weighted by Crippen LogP contribution is 2.29. The predicted octanol–water partition coefficient (Wildman–Crippen LogP) is 4.26. The molecule has 0 saturated carbocycles. The molecule has 1 unspecified atom stereocenters. The van der Waals surface area contributed by atoms with Gasteiger partial charge in [0.25, 0.3) is 5.91 Å². The van der Waals surface area contributed by atoms with Crippen LogP contribution in [0.5, 0.6) is 0 Å². The number of piperidine rings is 1. The van der Waals surface area contributed by atoms with Gasteiger partial charge in [-0.05, 0) is 41.9 Å². The molecular formula is C21H28N4O. The van der Waals surface area contributed by atoms with Gasteiger partial charge >= 0.3 is 0 Å². The van der Waals surface area contributed by atoms with Gasteiger partial charge in [-0.3, -0.25) is 4.79 Å². The third-order valence-electron chi connectivity index (χ3n) is 4.80. The minimum Gasteiger partial charge on any atom is -0.341 e. The Kier molecular flexibility index (Phi) is 5.25. The van der Waals surface area contributed by atoms with E-state index in [9.17, 15) is 4.79 Å². The molecule has 3 rings (SSSR count). The SMILES string of the molecule is CC1CCCN(c2nccc(C(=O)Nc3ccccc3C(C)(C)C)n2)C1. The van der Waals surface area contributed by atoms with Crippen LogP contribution in [-0.4, -0.2) is 29.0 Å². The van der Waals surface area contributed by atoms with Gasteiger partial charge in [0.2, 0.25) is 5.95 Å². The van der Waals surface area contributed by atoms with Crippen molar-refractivity contribution in [2.75, 3.05) is 23.3 Å². The molecule has 138 valence electrons. The molecule has 0 spiro atoms. The smallest absolute Gasteiger partial charge is 0.274 e. The Morgan fingerprint density at radius 3 is 2.73 bits per heavy atom. The van der Waals surface area contributed by atoms with Crippen LogP contribution in [-0.2, 0) is 5.41 Å². The Bertz CT molecular complexity index is 782. The van der Waals surface area contributed by atoms with Crippen LogP contribution in [0.1, 0.15) is 56.6 Å². The minimum absolute atomic E-state index is 0.0509. The van der Waals surface area contributed by atoms with E-state index in [-0.39, 0.29) is 11.3 Å². The number of anilines is 2. The number of aromatic nitrogens is 2. The van der Waals surface area contributed by atoms with Crippen molar-refractivity contribution < 1.29 is 4.79 Å². The first-order valence-corrected chi connectivity index (χ1v) is 9.33. The maximum Gasteiger partial charge on any atom is 0.274 e. The van der Waals surface area contributed by atoms with Crippen molar-refractivity contribution >= 4 is 17.5 Å². The molecule has 0 radical (unpaired) electrons. The molecule has 5 heteroatoms. The molecule has 1 aromatic heterocycles. The minimum atomic E-state index is -0.199. The number of amides is 1. The molecule has 5 nitrogen and oxygen atoms in total. The number of hydrogen-bond acceptors (Lipinski definition) is 4. The molecule has 1 saturated heterocycles. The van der Waals surface area contributed by atoms with Gasteiger partial charge in [0.05, 0.1) is 0 Å². The van der Waals surface area contributed by atoms with Crippen LogP contribution < -0.4 is 10.2 Å². The molecule has 1 atom stereocenters. The lowest BCUT2D eigenvalue weighted by Gasteiger charge is -2.30. The topological polar surface area (TPSA) is 58.1 Å². The van der Waals surface area contributed by atoms with Crippen LogP contribution in [0.15, 0.2) is 36.5 Å². The summed E-state index contributed by atoms with van der Waals surface area (Å²) in [6, 6.07) is 9.59. The zero-order valence-corrected chi connectivity index (χ0v) is 16.1. The van der Waals surface area contributed by atoms with Crippen molar-refractivity contribution in [3.8, 4) is 0 Å². The van der Waals surface area contributed by atoms with Crippen LogP contribution in [0, 0.1) is 5.92 Å². The van der Waals surface area contributed by atoms with E-state index >= 15 is 0 Å². The fourth-order valence-electron chi connectivity index (χ4n) is 3.43. The molecule has 1 aromatic carbocycles. The second-order valence-electron chi connectivity index (χ2n) is 8.19. The molecule has 1 N–H and O–H groups in total. The highest BCUT2D eigenvalue weighted by Gasteiger charge is 2.21. The maximum atomic E-state index is 12.8. The van der Waals surface area contributed by atoms with Crippen LogP contribution in [0.4, 0.5) is 11.6 Å². The Balaban J connectivity index is 1.80. The summed E-state index contributed by atoms with van der Waals surface area (Å²) in [6.07, 6.45) is 4.05. The van der Waals surface area contributed by atoms with E-state index in [1.165, 1.54) is 6.42 Å². The number of nitrogens with one attached hydrogen (secondary N) is 1. The van der Waals surface area contributed by atoms with E-state index in [0.29, 0.717) is 17.6 Å². The first kappa shape index (κ1) is 18.4. The largest absolute Gasteiger partial charge is 0.341 e. The number of carbonyl (C=O) groups is 1. The summed E-state index contributed by atoms with van der Waals surface area (Å²) in [6.45, 7) is 10.5. The van der Waals surface area contributed by atoms with Crippen LogP contribution >= 0.6 is 0 Å². The molecule has 1 amide bonds. The van der Waals surface area contributed by atoms with Gasteiger partial charge in [-0.25, -0.2) is 9.97 Å². The summed E-state index contributed by atoms with van der Waals surface area (Å²) in [7, 11) is 0. The average Bonchev–Trinajstić information content (AvgIpc) is 2.61. The lowest BCUT2D eigenvalue weighted by molar-refractivity contribution is 0.102. The van der Waals surface area contributed by atoms with Gasteiger partial charge in [-0.15, -0.1) is 0 Å². The van der Waals surface area contributed by atoms with Gasteiger partial charge in [0, 0.05) is 25.0 Å². The van der Waals surface area contributed by atoms with E-state index in [0.717, 1.165) is 30.8 Å². The third-order valence-corrected chi connectivity index (χ3v) is 4.80. The number of nitrogens with zero attached hydrogens (tertiary/aromatic N) is 3. The highest BCUT2D eigenvalue weighted by atomic mass is 16.1. The Morgan fingerprint density at radius 2 is 2.00 bits per heavy atom. The second-order valence-corrected chi connectivity index (χ2v) is 8.19. The first-order valence-electron chi connectivity index (χ1n) is 9.33. The van der Waals surface area contributed by atoms with Gasteiger partial charge in [-0.2, -0.15) is 0 Å². The summed E-state index contributed by atoms with van der Waals surface area (Å²) in [4.78, 5) is 23.8. The summed E-state index contributed by atoms with van der Waals surface area (Å²) in [5.74, 6) is 1.08. The highest BCUT2D eigenvalue weighted by molar-refractivity contribution is 6.03. The van der Waals surface area contributed by atoms with Crippen molar-refractivity contribution in [3.05, 3.63) is 47.8 Å². The van der Waals surface area contributed by atoms with Crippen molar-refractivity contribution in [2.45, 2.75) is 46.0 Å². The lowest BCUT2D eigenvalue weighted by atomic mass is 9.86. The summed E-state index contributed by atoms with van der Waals surface area (Å²) >= 11 is 0. The monoisotopic (exact) mass is 352 g/mol. The van der Waals surface area contributed by atoms with E-state index in [1.54, 1.807) is 12.3 Å². The molecule has 2 aromatic rings. The Labute approximate surface area is 155 Å². The number of rotatable bonds is 3. The number of carbonyl (C=O) groups excluding carboxylic acids is 1. The first-order chi connectivity index (χ1) is 12.3. The number of benzene rings is 1. The van der Waals surface area contributed by atoms with Crippen molar-refractivity contribution in [1.29, 1.82) is 0 Å². The summed E-state index contributed by atoms with van der Waals surface area (Å²) in [5, 5.41) is 3.02. The maximum absolute atomic E-state index is 12.8. The zero-order chi connectivity index (χ0) is 18.7. The third kappa shape index (κ3) is 4.21. The molecule has 1 aliphatic heterocycles. The van der Waals surface area contributed by atoms with Crippen LogP contribution in [0.25, 0.3) is 0 Å². The second kappa shape index (κ2) is 7.44. The predicted molar refractivity (Wildman–Crippen MR) is 106 cm³/mol. The fourth-order valence-corrected chi connectivity index (χ4v) is 3.43. The summed E-state index contributed by atoms with van der Waals surface area (Å²) in [5.41, 5.74) is 2.28. The van der Waals surface area contributed by atoms with Crippen molar-refractivity contribution in [3.63, 3.8) is 0 Å². The fraction of sp³-hybridized carbons (Fsp3) is 0.476. The standard InChI is InChI=1S/C21H28N4O/c1-15-8-7-13-25(14-15)20-22-12-11-18(24-20)19(26)23-17-10-6-5-9-16(17)21(2,3)4/h5-6,9-12,15H,7-8,13-14H2,1-4H3,(H,23,26). The quantitative estimate of drug-likeness (QED) is 0.896. The molecule has 0 bridgehead atoms. The van der Waals surface area contributed by atoms with Crippen molar-refractivity contribution in [1.82, 2.24) is 9.97 Å². The number of hydrogen-bond donors (Lipinski definition) is 1. The molecule has 1 fully saturated rings. The molecule has 26 heavy (non-hydrogen) atoms. The van der Waals surface area contributed by atoms with Gasteiger partial charge in [0.15, 0.2) is 0 Å². The van der Waals surface area contributed by atoms with Gasteiger partial charge < -0.3 is 10.2 Å². The van der Waals surface area contributed by atoms with E-state index < -0.39 is 0 Å². The van der Waals surface area contributed by atoms with Gasteiger partial charge in [0.1, 0.15) is 5.69 Å². The lowest BCUT2D eigenvalue weighted by Crippen LogP contribution is -2.35. The Hall–Kier alpha value is -2.43. The summed E-state index contributed by atoms with van der Waals surface area (Å²) < 4.78 is 0. The van der Waals surface area contributed by atoms with Crippen molar-refractivity contribution in [2.24, 2.45) is 5.92 Å². The Morgan fingerprint density at radius 1 is 1.23 bits per heavy atom.